The zero-order valence-corrected chi connectivity index (χ0v) is 40.2. The second-order valence-corrected chi connectivity index (χ2v) is 19.0. The van der Waals surface area contributed by atoms with Gasteiger partial charge in [0.25, 0.3) is 0 Å². The molecule has 2 heterocycles. The minimum absolute atomic E-state index is 0.0113. The maximum atomic E-state index is 3.90. The van der Waals surface area contributed by atoms with Crippen LogP contribution in [0.15, 0.2) is 285 Å². The summed E-state index contributed by atoms with van der Waals surface area (Å²) in [5, 5.41) is 10.2. The van der Waals surface area contributed by atoms with Gasteiger partial charge in [-0.1, -0.05) is 237 Å². The van der Waals surface area contributed by atoms with Gasteiger partial charge in [0.1, 0.15) is 6.17 Å². The summed E-state index contributed by atoms with van der Waals surface area (Å²) >= 11 is 0. The van der Waals surface area contributed by atoms with Crippen LogP contribution in [-0.2, 0) is 0 Å². The molecule has 2 atom stereocenters. The predicted molar refractivity (Wildman–Crippen MR) is 306 cm³/mol. The van der Waals surface area contributed by atoms with E-state index < -0.39 is 0 Å². The normalized spacial score (nSPS) is 14.4. The molecule has 1 aliphatic rings. The highest BCUT2D eigenvalue weighted by molar-refractivity contribution is 6.10. The predicted octanol–water partition coefficient (Wildman–Crippen LogP) is 17.8. The molecule has 12 aromatic rings. The monoisotopic (exact) mass is 933 g/mol. The number of fused-ring (bicyclic) bond motifs is 3. The van der Waals surface area contributed by atoms with E-state index in [0.29, 0.717) is 0 Å². The molecule has 0 saturated carbocycles. The van der Waals surface area contributed by atoms with Crippen molar-refractivity contribution in [2.24, 2.45) is 0 Å². The van der Waals surface area contributed by atoms with Crippen LogP contribution in [0.1, 0.15) is 28.9 Å². The molecule has 3 nitrogen and oxygen atoms in total. The highest BCUT2D eigenvalue weighted by Gasteiger charge is 2.24. The van der Waals surface area contributed by atoms with Crippen molar-refractivity contribution in [2.75, 3.05) is 0 Å². The first-order valence-corrected chi connectivity index (χ1v) is 25.2. The van der Waals surface area contributed by atoms with Crippen LogP contribution in [0, 0.1) is 0 Å². The molecule has 2 N–H and O–H groups in total. The van der Waals surface area contributed by atoms with Gasteiger partial charge in [0.2, 0.25) is 0 Å². The molecule has 1 aromatic heterocycles. The van der Waals surface area contributed by atoms with Gasteiger partial charge in [-0.2, -0.15) is 0 Å². The maximum Gasteiger partial charge on any atom is 0.104 e. The Kier molecular flexibility index (Phi) is 11.5. The van der Waals surface area contributed by atoms with Crippen LogP contribution in [0.25, 0.3) is 100.0 Å². The summed E-state index contributed by atoms with van der Waals surface area (Å²) in [6, 6.07) is 101. The molecule has 13 rings (SSSR count). The summed E-state index contributed by atoms with van der Waals surface area (Å²) in [4.78, 5) is 0. The van der Waals surface area contributed by atoms with Gasteiger partial charge < -0.3 is 9.88 Å². The van der Waals surface area contributed by atoms with Crippen molar-refractivity contribution in [1.29, 1.82) is 0 Å². The highest BCUT2D eigenvalue weighted by Crippen LogP contribution is 2.38. The summed E-state index contributed by atoms with van der Waals surface area (Å²) in [6.45, 7) is 0. The number of nitrogens with zero attached hydrogens (tertiary/aromatic N) is 1. The van der Waals surface area contributed by atoms with Crippen molar-refractivity contribution in [3.63, 3.8) is 0 Å². The van der Waals surface area contributed by atoms with Crippen LogP contribution in [0.3, 0.4) is 0 Å². The molecule has 2 unspecified atom stereocenters. The molecule has 346 valence electrons. The van der Waals surface area contributed by atoms with Gasteiger partial charge in [0.15, 0.2) is 0 Å². The fraction of sp³-hybridized carbons (Fsp3) is 0.0286. The SMILES string of the molecule is C1=C(c2ccc(-c3cccc(-c4ccc5c6ccccc6n(-c6cccc(-c7ccccc7)c6)c5c4)c3)cc2)NC(c2ccccc2)NC1c1ccc(-c2cccc(-c3cccc(-c4ccccc4)c3)c2)cc1. The first-order chi connectivity index (χ1) is 36.1. The standard InChI is InChI=1S/C70H51N3/c1-4-16-48(17-5-1)55-22-12-25-58(42-55)59-26-13-23-56(43-59)50-32-36-52(37-33-50)66-47-67(72-70(71-66)54-20-8-3-9-21-54)53-38-34-51(35-39-53)57-24-14-27-60(44-57)62-40-41-65-64-30-10-11-31-68(64)73(69(65)46-62)63-29-15-28-61(45-63)49-18-6-2-7-19-49/h1-47,66,70-72H. The molecule has 0 fully saturated rings. The van der Waals surface area contributed by atoms with Crippen molar-refractivity contribution in [3.8, 4) is 72.4 Å². The third-order valence-electron chi connectivity index (χ3n) is 14.5. The lowest BCUT2D eigenvalue weighted by Crippen LogP contribution is -2.39. The van der Waals surface area contributed by atoms with E-state index in [2.05, 4.69) is 300 Å². The molecule has 11 aromatic carbocycles. The van der Waals surface area contributed by atoms with Crippen molar-refractivity contribution in [3.05, 3.63) is 302 Å². The fourth-order valence-electron chi connectivity index (χ4n) is 10.7. The maximum absolute atomic E-state index is 3.90. The first kappa shape index (κ1) is 43.7. The Balaban J connectivity index is 0.784. The van der Waals surface area contributed by atoms with Crippen LogP contribution in [0.5, 0.6) is 0 Å². The summed E-state index contributed by atoms with van der Waals surface area (Å²) < 4.78 is 2.42. The van der Waals surface area contributed by atoms with Crippen molar-refractivity contribution in [2.45, 2.75) is 12.2 Å². The van der Waals surface area contributed by atoms with Crippen LogP contribution in [-0.4, -0.2) is 4.57 Å². The highest BCUT2D eigenvalue weighted by atomic mass is 15.2. The Hall–Kier alpha value is -9.28. The minimum atomic E-state index is -0.0746. The molecule has 73 heavy (non-hydrogen) atoms. The Morgan fingerprint density at radius 1 is 0.274 bits per heavy atom. The number of hydrogen-bond acceptors (Lipinski definition) is 2. The number of hydrogen-bond donors (Lipinski definition) is 2. The van der Waals surface area contributed by atoms with E-state index >= 15 is 0 Å². The zero-order valence-electron chi connectivity index (χ0n) is 40.2. The lowest BCUT2D eigenvalue weighted by atomic mass is 9.94. The Morgan fingerprint density at radius 3 is 1.27 bits per heavy atom. The van der Waals surface area contributed by atoms with Crippen LogP contribution >= 0.6 is 0 Å². The largest absolute Gasteiger partial charge is 0.366 e. The molecular formula is C70H51N3. The van der Waals surface area contributed by atoms with Crippen molar-refractivity contribution < 1.29 is 0 Å². The number of rotatable bonds is 10. The van der Waals surface area contributed by atoms with Crippen molar-refractivity contribution >= 4 is 27.5 Å². The smallest absolute Gasteiger partial charge is 0.104 e. The summed E-state index contributed by atoms with van der Waals surface area (Å²) in [6.07, 6.45) is 2.26. The second kappa shape index (κ2) is 19.1. The molecule has 0 spiro atoms. The summed E-state index contributed by atoms with van der Waals surface area (Å²) in [5.74, 6) is 0. The van der Waals surface area contributed by atoms with Gasteiger partial charge in [-0.3, -0.25) is 5.32 Å². The van der Waals surface area contributed by atoms with E-state index in [4.69, 9.17) is 0 Å². The lowest BCUT2D eigenvalue weighted by Gasteiger charge is -2.33. The molecule has 3 heteroatoms. The Labute approximate surface area is 427 Å². The first-order valence-electron chi connectivity index (χ1n) is 25.2. The Morgan fingerprint density at radius 2 is 0.685 bits per heavy atom. The third-order valence-corrected chi connectivity index (χ3v) is 14.5. The van der Waals surface area contributed by atoms with E-state index in [9.17, 15) is 0 Å². The van der Waals surface area contributed by atoms with Gasteiger partial charge in [-0.25, -0.2) is 0 Å². The lowest BCUT2D eigenvalue weighted by molar-refractivity contribution is 0.442. The van der Waals surface area contributed by atoms with E-state index in [0.717, 1.165) is 16.9 Å². The van der Waals surface area contributed by atoms with Crippen LogP contribution in [0.4, 0.5) is 0 Å². The average molecular weight is 934 g/mol. The molecule has 0 radical (unpaired) electrons. The quantitative estimate of drug-likeness (QED) is 0.143. The number of nitrogens with one attached hydrogen (secondary N) is 2. The molecule has 0 aliphatic carbocycles. The topological polar surface area (TPSA) is 29.0 Å². The zero-order chi connectivity index (χ0) is 48.5. The molecule has 0 amide bonds. The second-order valence-electron chi connectivity index (χ2n) is 19.0. The minimum Gasteiger partial charge on any atom is -0.366 e. The molecule has 1 aliphatic heterocycles. The van der Waals surface area contributed by atoms with E-state index in [1.165, 1.54) is 99.7 Å². The van der Waals surface area contributed by atoms with Gasteiger partial charge in [0, 0.05) is 22.2 Å². The Bertz CT molecular complexity index is 3950. The number of aromatic nitrogens is 1. The van der Waals surface area contributed by atoms with Gasteiger partial charge in [-0.05, 0) is 132 Å². The van der Waals surface area contributed by atoms with Crippen molar-refractivity contribution in [1.82, 2.24) is 15.2 Å². The average Bonchev–Trinajstić information content (AvgIpc) is 3.82. The number of para-hydroxylation sites is 1. The van der Waals surface area contributed by atoms with Crippen LogP contribution < -0.4 is 10.6 Å². The fourth-order valence-corrected chi connectivity index (χ4v) is 10.7. The van der Waals surface area contributed by atoms with Crippen LogP contribution in [0.2, 0.25) is 0 Å². The molecular weight excluding hydrogens is 883 g/mol. The van der Waals surface area contributed by atoms with E-state index in [1.807, 2.05) is 0 Å². The van der Waals surface area contributed by atoms with Gasteiger partial charge in [0.05, 0.1) is 17.1 Å². The summed E-state index contributed by atoms with van der Waals surface area (Å²) in [7, 11) is 0. The van der Waals surface area contributed by atoms with Gasteiger partial charge in [-0.15, -0.1) is 0 Å². The molecule has 0 saturated heterocycles. The molecule has 0 bridgehead atoms. The summed E-state index contributed by atoms with van der Waals surface area (Å²) in [5.41, 5.74) is 22.6. The third kappa shape index (κ3) is 8.73. The van der Waals surface area contributed by atoms with E-state index in [1.54, 1.807) is 0 Å². The number of benzene rings is 11. The van der Waals surface area contributed by atoms with E-state index in [-0.39, 0.29) is 12.2 Å². The van der Waals surface area contributed by atoms with Gasteiger partial charge >= 0.3 is 0 Å².